The Morgan fingerprint density at radius 2 is 1.58 bits per heavy atom. The molecule has 1 unspecified atom stereocenters. The van der Waals surface area contributed by atoms with Crippen molar-refractivity contribution in [3.05, 3.63) is 66.2 Å². The zero-order valence-electron chi connectivity index (χ0n) is 19.1. The maximum atomic E-state index is 12.9. The second-order valence-electron chi connectivity index (χ2n) is 8.42. The van der Waals surface area contributed by atoms with Gasteiger partial charge in [-0.25, -0.2) is 8.42 Å². The highest BCUT2D eigenvalue weighted by Crippen LogP contribution is 2.26. The SMILES string of the molecule is COc1ccc2cc(C(C)C(=O)Nc3ccc(S(=O)(=O)N4CCN(C)CC4)cc3)ccc2c1. The number of hydrogen-bond donors (Lipinski definition) is 1. The fourth-order valence-corrected chi connectivity index (χ4v) is 5.35. The van der Waals surface area contributed by atoms with Crippen molar-refractivity contribution < 1.29 is 17.9 Å². The van der Waals surface area contributed by atoms with E-state index in [1.54, 1.807) is 31.4 Å². The molecular formula is C25H29N3O4S. The molecule has 1 amide bonds. The highest BCUT2D eigenvalue weighted by Gasteiger charge is 2.27. The van der Waals surface area contributed by atoms with Gasteiger partial charge in [0.15, 0.2) is 0 Å². The molecular weight excluding hydrogens is 438 g/mol. The molecule has 174 valence electrons. The van der Waals surface area contributed by atoms with E-state index >= 15 is 0 Å². The normalized spacial score (nSPS) is 16.5. The van der Waals surface area contributed by atoms with Crippen LogP contribution >= 0.6 is 0 Å². The molecule has 3 aromatic carbocycles. The lowest BCUT2D eigenvalue weighted by Gasteiger charge is -2.31. The van der Waals surface area contributed by atoms with Gasteiger partial charge in [-0.05, 0) is 66.7 Å². The first-order valence-corrected chi connectivity index (χ1v) is 12.4. The summed E-state index contributed by atoms with van der Waals surface area (Å²) in [5.74, 6) is 0.266. The number of hydrogen-bond acceptors (Lipinski definition) is 5. The lowest BCUT2D eigenvalue weighted by Crippen LogP contribution is -2.46. The van der Waals surface area contributed by atoms with Gasteiger partial charge in [-0.15, -0.1) is 0 Å². The maximum absolute atomic E-state index is 12.9. The summed E-state index contributed by atoms with van der Waals surface area (Å²) in [5.41, 5.74) is 1.47. The molecule has 0 radical (unpaired) electrons. The van der Waals surface area contributed by atoms with Crippen LogP contribution in [0.2, 0.25) is 0 Å². The van der Waals surface area contributed by atoms with Gasteiger partial charge in [0.2, 0.25) is 15.9 Å². The molecule has 0 spiro atoms. The molecule has 1 saturated heterocycles. The van der Waals surface area contributed by atoms with Crippen LogP contribution in [-0.2, 0) is 14.8 Å². The average Bonchev–Trinajstić information content (AvgIpc) is 2.83. The number of piperazine rings is 1. The van der Waals surface area contributed by atoms with Crippen molar-refractivity contribution in [3.63, 3.8) is 0 Å². The van der Waals surface area contributed by atoms with E-state index in [0.717, 1.165) is 22.1 Å². The van der Waals surface area contributed by atoms with E-state index < -0.39 is 10.0 Å². The van der Waals surface area contributed by atoms with Crippen LogP contribution in [0.4, 0.5) is 5.69 Å². The molecule has 1 heterocycles. The van der Waals surface area contributed by atoms with Gasteiger partial charge < -0.3 is 15.0 Å². The summed E-state index contributed by atoms with van der Waals surface area (Å²) in [6.07, 6.45) is 0. The molecule has 0 aromatic heterocycles. The predicted octanol–water partition coefficient (Wildman–Crippen LogP) is 3.53. The van der Waals surface area contributed by atoms with Crippen LogP contribution < -0.4 is 10.1 Å². The van der Waals surface area contributed by atoms with E-state index in [9.17, 15) is 13.2 Å². The van der Waals surface area contributed by atoms with Crippen LogP contribution in [0.1, 0.15) is 18.4 Å². The van der Waals surface area contributed by atoms with Crippen molar-refractivity contribution in [2.45, 2.75) is 17.7 Å². The van der Waals surface area contributed by atoms with Crippen molar-refractivity contribution in [2.75, 3.05) is 45.7 Å². The predicted molar refractivity (Wildman–Crippen MR) is 130 cm³/mol. The minimum Gasteiger partial charge on any atom is -0.497 e. The number of anilines is 1. The van der Waals surface area contributed by atoms with Gasteiger partial charge in [-0.3, -0.25) is 4.79 Å². The van der Waals surface area contributed by atoms with Gasteiger partial charge in [0.05, 0.1) is 17.9 Å². The molecule has 7 nitrogen and oxygen atoms in total. The van der Waals surface area contributed by atoms with Crippen molar-refractivity contribution in [1.29, 1.82) is 0 Å². The van der Waals surface area contributed by atoms with Gasteiger partial charge in [-0.2, -0.15) is 4.31 Å². The minimum atomic E-state index is -3.53. The number of likely N-dealkylation sites (N-methyl/N-ethyl adjacent to an activating group) is 1. The van der Waals surface area contributed by atoms with E-state index in [1.807, 2.05) is 50.4 Å². The Kier molecular flexibility index (Phi) is 6.69. The summed E-state index contributed by atoms with van der Waals surface area (Å²) in [7, 11) is 0.0880. The average molecular weight is 468 g/mol. The summed E-state index contributed by atoms with van der Waals surface area (Å²) in [6, 6.07) is 18.1. The molecule has 8 heteroatoms. The monoisotopic (exact) mass is 467 g/mol. The molecule has 33 heavy (non-hydrogen) atoms. The molecule has 1 atom stereocenters. The van der Waals surface area contributed by atoms with Crippen LogP contribution in [0.15, 0.2) is 65.6 Å². The highest BCUT2D eigenvalue weighted by molar-refractivity contribution is 7.89. The minimum absolute atomic E-state index is 0.155. The number of ether oxygens (including phenoxy) is 1. The third kappa shape index (κ3) is 5.03. The van der Waals surface area contributed by atoms with E-state index in [-0.39, 0.29) is 16.7 Å². The zero-order chi connectivity index (χ0) is 23.6. The zero-order valence-corrected chi connectivity index (χ0v) is 19.9. The van der Waals surface area contributed by atoms with Gasteiger partial charge in [0.25, 0.3) is 0 Å². The Balaban J connectivity index is 1.44. The van der Waals surface area contributed by atoms with Crippen LogP contribution in [0.5, 0.6) is 5.75 Å². The maximum Gasteiger partial charge on any atom is 0.243 e. The van der Waals surface area contributed by atoms with E-state index in [2.05, 4.69) is 10.2 Å². The van der Waals surface area contributed by atoms with Crippen molar-refractivity contribution in [3.8, 4) is 5.75 Å². The van der Waals surface area contributed by atoms with Crippen molar-refractivity contribution in [2.24, 2.45) is 0 Å². The molecule has 1 aliphatic heterocycles. The number of amides is 1. The van der Waals surface area contributed by atoms with Crippen molar-refractivity contribution in [1.82, 2.24) is 9.21 Å². The lowest BCUT2D eigenvalue weighted by atomic mass is 9.97. The number of rotatable bonds is 6. The Morgan fingerprint density at radius 3 is 2.24 bits per heavy atom. The molecule has 1 fully saturated rings. The van der Waals surface area contributed by atoms with Gasteiger partial charge in [0, 0.05) is 31.9 Å². The van der Waals surface area contributed by atoms with Crippen LogP contribution in [0.3, 0.4) is 0 Å². The molecule has 0 bridgehead atoms. The number of methoxy groups -OCH3 is 1. The summed E-state index contributed by atoms with van der Waals surface area (Å²) in [6.45, 7) is 4.24. The molecule has 0 saturated carbocycles. The van der Waals surface area contributed by atoms with E-state index in [4.69, 9.17) is 4.74 Å². The Bertz CT molecular complexity index is 1250. The summed E-state index contributed by atoms with van der Waals surface area (Å²) < 4.78 is 32.5. The number of carbonyl (C=O) groups is 1. The van der Waals surface area contributed by atoms with E-state index in [1.165, 1.54) is 4.31 Å². The summed E-state index contributed by atoms with van der Waals surface area (Å²) in [4.78, 5) is 15.2. The summed E-state index contributed by atoms with van der Waals surface area (Å²) >= 11 is 0. The third-order valence-electron chi connectivity index (χ3n) is 6.19. The number of nitrogens with one attached hydrogen (secondary N) is 1. The first-order chi connectivity index (χ1) is 15.8. The fourth-order valence-electron chi connectivity index (χ4n) is 3.93. The topological polar surface area (TPSA) is 78.9 Å². The van der Waals surface area contributed by atoms with E-state index in [0.29, 0.717) is 31.9 Å². The second-order valence-corrected chi connectivity index (χ2v) is 10.4. The smallest absolute Gasteiger partial charge is 0.243 e. The molecule has 1 aliphatic rings. The molecule has 4 rings (SSSR count). The Labute approximate surface area is 195 Å². The van der Waals surface area contributed by atoms with Crippen LogP contribution in [0.25, 0.3) is 10.8 Å². The Morgan fingerprint density at radius 1 is 0.939 bits per heavy atom. The number of carbonyl (C=O) groups excluding carboxylic acids is 1. The Hall–Kier alpha value is -2.94. The lowest BCUT2D eigenvalue weighted by molar-refractivity contribution is -0.117. The fraction of sp³-hybridized carbons (Fsp3) is 0.320. The molecule has 0 aliphatic carbocycles. The first-order valence-electron chi connectivity index (χ1n) is 11.0. The number of benzene rings is 3. The van der Waals surface area contributed by atoms with Gasteiger partial charge >= 0.3 is 0 Å². The highest BCUT2D eigenvalue weighted by atomic mass is 32.2. The van der Waals surface area contributed by atoms with Crippen molar-refractivity contribution >= 4 is 32.4 Å². The van der Waals surface area contributed by atoms with Gasteiger partial charge in [-0.1, -0.05) is 24.3 Å². The molecule has 1 N–H and O–H groups in total. The number of fused-ring (bicyclic) bond motifs is 1. The first kappa shape index (κ1) is 23.2. The third-order valence-corrected chi connectivity index (χ3v) is 8.10. The van der Waals surface area contributed by atoms with Gasteiger partial charge in [0.1, 0.15) is 5.75 Å². The van der Waals surface area contributed by atoms with Crippen LogP contribution in [-0.4, -0.2) is 63.9 Å². The standard InChI is InChI=1S/C25H29N3O4S/c1-18(19-4-5-21-17-23(32-3)9-6-20(21)16-19)25(29)26-22-7-10-24(11-8-22)33(30,31)28-14-12-27(2)13-15-28/h4-11,16-18H,12-15H2,1-3H3,(H,26,29). The number of sulfonamides is 1. The second kappa shape index (κ2) is 9.51. The number of nitrogens with zero attached hydrogens (tertiary/aromatic N) is 2. The summed E-state index contributed by atoms with van der Waals surface area (Å²) in [5, 5.41) is 4.97. The quantitative estimate of drug-likeness (QED) is 0.600. The van der Waals surface area contributed by atoms with Crippen LogP contribution in [0, 0.1) is 0 Å². The largest absolute Gasteiger partial charge is 0.497 e. The molecule has 3 aromatic rings.